The molecule has 0 N–H and O–H groups in total. The zero-order chi connectivity index (χ0) is 15.2. The van der Waals surface area contributed by atoms with Gasteiger partial charge >= 0.3 is 0 Å². The minimum absolute atomic E-state index is 0.237. The Balaban J connectivity index is 1.78. The molecule has 3 rings (SSSR count). The number of aldehydes is 1. The maximum atomic E-state index is 11.3. The van der Waals surface area contributed by atoms with Gasteiger partial charge in [-0.2, -0.15) is 0 Å². The lowest BCUT2D eigenvalue weighted by atomic mass is 10.2. The highest BCUT2D eigenvalue weighted by molar-refractivity contribution is 5.81. The van der Waals surface area contributed by atoms with Gasteiger partial charge in [-0.25, -0.2) is 0 Å². The Hall–Kier alpha value is -2.29. The van der Waals surface area contributed by atoms with E-state index in [1.807, 2.05) is 42.5 Å². The highest BCUT2D eigenvalue weighted by Crippen LogP contribution is 2.34. The molecule has 0 aromatic heterocycles. The van der Waals surface area contributed by atoms with Crippen LogP contribution < -0.4 is 9.47 Å². The van der Waals surface area contributed by atoms with Gasteiger partial charge in [-0.05, 0) is 43.4 Å². The molecular formula is C19H20O3. The topological polar surface area (TPSA) is 35.5 Å². The van der Waals surface area contributed by atoms with Gasteiger partial charge in [-0.15, -0.1) is 0 Å². The first-order valence-corrected chi connectivity index (χ1v) is 7.78. The largest absolute Gasteiger partial charge is 0.487 e. The van der Waals surface area contributed by atoms with Gasteiger partial charge in [0.2, 0.25) is 0 Å². The standard InChI is InChI=1S/C19H20O3/c20-13-16-9-6-12-18(22-17-10-4-5-11-17)19(16)21-14-15-7-2-1-3-8-15/h1-3,6-9,12-13,17H,4-5,10-11,14H2. The number of rotatable bonds is 6. The summed E-state index contributed by atoms with van der Waals surface area (Å²) in [5.41, 5.74) is 1.60. The summed E-state index contributed by atoms with van der Waals surface area (Å²) in [7, 11) is 0. The molecular weight excluding hydrogens is 276 g/mol. The van der Waals surface area contributed by atoms with E-state index in [0.29, 0.717) is 23.7 Å². The van der Waals surface area contributed by atoms with E-state index in [4.69, 9.17) is 9.47 Å². The van der Waals surface area contributed by atoms with Crippen molar-refractivity contribution in [3.8, 4) is 11.5 Å². The molecule has 0 aliphatic heterocycles. The van der Waals surface area contributed by atoms with Gasteiger partial charge < -0.3 is 9.47 Å². The highest BCUT2D eigenvalue weighted by Gasteiger charge is 2.19. The van der Waals surface area contributed by atoms with Crippen molar-refractivity contribution in [2.24, 2.45) is 0 Å². The van der Waals surface area contributed by atoms with Crippen LogP contribution in [0.25, 0.3) is 0 Å². The van der Waals surface area contributed by atoms with Crippen molar-refractivity contribution in [1.82, 2.24) is 0 Å². The molecule has 3 nitrogen and oxygen atoms in total. The third kappa shape index (κ3) is 3.48. The molecule has 0 saturated heterocycles. The molecule has 1 fully saturated rings. The van der Waals surface area contributed by atoms with Crippen molar-refractivity contribution in [2.75, 3.05) is 0 Å². The molecule has 0 heterocycles. The molecule has 22 heavy (non-hydrogen) atoms. The average Bonchev–Trinajstić information content (AvgIpc) is 3.07. The van der Waals surface area contributed by atoms with Crippen molar-refractivity contribution in [3.63, 3.8) is 0 Å². The van der Waals surface area contributed by atoms with Crippen LogP contribution in [0.5, 0.6) is 11.5 Å². The van der Waals surface area contributed by atoms with Crippen molar-refractivity contribution >= 4 is 6.29 Å². The first-order valence-electron chi connectivity index (χ1n) is 7.78. The number of ether oxygens (including phenoxy) is 2. The number of carbonyl (C=O) groups is 1. The van der Waals surface area contributed by atoms with Gasteiger partial charge in [-0.1, -0.05) is 36.4 Å². The maximum Gasteiger partial charge on any atom is 0.172 e. The van der Waals surface area contributed by atoms with Crippen LogP contribution in [0.15, 0.2) is 48.5 Å². The molecule has 2 aromatic rings. The molecule has 1 saturated carbocycles. The van der Waals surface area contributed by atoms with Gasteiger partial charge in [0.1, 0.15) is 6.61 Å². The fraction of sp³-hybridized carbons (Fsp3) is 0.316. The summed E-state index contributed by atoms with van der Waals surface area (Å²) in [5.74, 6) is 1.22. The average molecular weight is 296 g/mol. The van der Waals surface area contributed by atoms with E-state index in [0.717, 1.165) is 24.7 Å². The van der Waals surface area contributed by atoms with Crippen LogP contribution >= 0.6 is 0 Å². The zero-order valence-electron chi connectivity index (χ0n) is 12.5. The summed E-state index contributed by atoms with van der Waals surface area (Å²) in [6.45, 7) is 0.423. The first-order chi connectivity index (χ1) is 10.9. The lowest BCUT2D eigenvalue weighted by Crippen LogP contribution is -2.12. The predicted octanol–water partition coefficient (Wildman–Crippen LogP) is 4.40. The second-order valence-electron chi connectivity index (χ2n) is 5.59. The summed E-state index contributed by atoms with van der Waals surface area (Å²) in [5, 5.41) is 0. The van der Waals surface area contributed by atoms with Gasteiger partial charge in [0, 0.05) is 0 Å². The Morgan fingerprint density at radius 2 is 1.77 bits per heavy atom. The third-order valence-corrected chi connectivity index (χ3v) is 3.96. The second kappa shape index (κ2) is 7.12. The van der Waals surface area contributed by atoms with Crippen LogP contribution in [0, 0.1) is 0 Å². The summed E-state index contributed by atoms with van der Waals surface area (Å²) < 4.78 is 12.0. The van der Waals surface area contributed by atoms with Crippen LogP contribution in [0.2, 0.25) is 0 Å². The van der Waals surface area contributed by atoms with Crippen molar-refractivity contribution in [1.29, 1.82) is 0 Å². The molecule has 2 aromatic carbocycles. The maximum absolute atomic E-state index is 11.3. The lowest BCUT2D eigenvalue weighted by molar-refractivity contribution is 0.111. The normalized spacial score (nSPS) is 14.7. The molecule has 0 bridgehead atoms. The van der Waals surface area contributed by atoms with E-state index < -0.39 is 0 Å². The zero-order valence-corrected chi connectivity index (χ0v) is 12.5. The molecule has 114 valence electrons. The Kier molecular flexibility index (Phi) is 4.74. The Morgan fingerprint density at radius 1 is 1.00 bits per heavy atom. The van der Waals surface area contributed by atoms with Gasteiger partial charge in [-0.3, -0.25) is 4.79 Å². The molecule has 0 amide bonds. The Labute approximate surface area is 130 Å². The number of carbonyl (C=O) groups excluding carboxylic acids is 1. The van der Waals surface area contributed by atoms with Crippen LogP contribution in [0.1, 0.15) is 41.6 Å². The molecule has 0 atom stereocenters. The van der Waals surface area contributed by atoms with Gasteiger partial charge in [0.05, 0.1) is 11.7 Å². The molecule has 0 spiro atoms. The van der Waals surface area contributed by atoms with Gasteiger partial charge in [0.15, 0.2) is 17.8 Å². The van der Waals surface area contributed by atoms with E-state index in [-0.39, 0.29) is 6.10 Å². The molecule has 1 aliphatic rings. The second-order valence-corrected chi connectivity index (χ2v) is 5.59. The number of para-hydroxylation sites is 1. The number of hydrogen-bond donors (Lipinski definition) is 0. The summed E-state index contributed by atoms with van der Waals surface area (Å²) in [6, 6.07) is 15.4. The van der Waals surface area contributed by atoms with Gasteiger partial charge in [0.25, 0.3) is 0 Å². The van der Waals surface area contributed by atoms with Crippen LogP contribution in [-0.2, 0) is 6.61 Å². The van der Waals surface area contributed by atoms with Crippen molar-refractivity contribution in [2.45, 2.75) is 38.4 Å². The summed E-state index contributed by atoms with van der Waals surface area (Å²) in [6.07, 6.45) is 5.62. The summed E-state index contributed by atoms with van der Waals surface area (Å²) in [4.78, 5) is 11.3. The monoisotopic (exact) mass is 296 g/mol. The van der Waals surface area contributed by atoms with E-state index in [9.17, 15) is 4.79 Å². The van der Waals surface area contributed by atoms with Crippen molar-refractivity contribution < 1.29 is 14.3 Å². The molecule has 3 heteroatoms. The summed E-state index contributed by atoms with van der Waals surface area (Å²) >= 11 is 0. The Bertz CT molecular complexity index is 616. The minimum atomic E-state index is 0.237. The minimum Gasteiger partial charge on any atom is -0.487 e. The fourth-order valence-corrected chi connectivity index (χ4v) is 2.79. The van der Waals surface area contributed by atoms with Crippen LogP contribution in [0.4, 0.5) is 0 Å². The first kappa shape index (κ1) is 14.6. The predicted molar refractivity (Wildman–Crippen MR) is 85.5 cm³/mol. The number of hydrogen-bond acceptors (Lipinski definition) is 3. The molecule has 0 radical (unpaired) electrons. The fourth-order valence-electron chi connectivity index (χ4n) is 2.79. The van der Waals surface area contributed by atoms with Crippen LogP contribution in [0.3, 0.4) is 0 Å². The lowest BCUT2D eigenvalue weighted by Gasteiger charge is -2.18. The molecule has 1 aliphatic carbocycles. The number of benzene rings is 2. The Morgan fingerprint density at radius 3 is 2.50 bits per heavy atom. The van der Waals surface area contributed by atoms with E-state index in [1.165, 1.54) is 12.8 Å². The third-order valence-electron chi connectivity index (χ3n) is 3.96. The molecule has 0 unspecified atom stereocenters. The quantitative estimate of drug-likeness (QED) is 0.741. The van der Waals surface area contributed by atoms with Crippen LogP contribution in [-0.4, -0.2) is 12.4 Å². The van der Waals surface area contributed by atoms with E-state index >= 15 is 0 Å². The van der Waals surface area contributed by atoms with E-state index in [1.54, 1.807) is 6.07 Å². The highest BCUT2D eigenvalue weighted by atomic mass is 16.5. The van der Waals surface area contributed by atoms with Crippen molar-refractivity contribution in [3.05, 3.63) is 59.7 Å². The smallest absolute Gasteiger partial charge is 0.172 e. The SMILES string of the molecule is O=Cc1cccc(OC2CCCC2)c1OCc1ccccc1. The van der Waals surface area contributed by atoms with E-state index in [2.05, 4.69) is 0 Å².